The predicted octanol–water partition coefficient (Wildman–Crippen LogP) is 7.47. The quantitative estimate of drug-likeness (QED) is 0.124. The maximum atomic E-state index is 13.4. The van der Waals surface area contributed by atoms with Crippen LogP contribution in [-0.4, -0.2) is 28.7 Å². The third kappa shape index (κ3) is 6.40. The smallest absolute Gasteiger partial charge is 0.336 e. The van der Waals surface area contributed by atoms with Crippen LogP contribution in [0.3, 0.4) is 0 Å². The Labute approximate surface area is 246 Å². The molecule has 0 spiro atoms. The molecule has 8 heteroatoms. The summed E-state index contributed by atoms with van der Waals surface area (Å²) in [6.07, 6.45) is 0. The molecule has 0 saturated heterocycles. The van der Waals surface area contributed by atoms with Crippen molar-refractivity contribution in [2.45, 2.75) is 17.1 Å². The number of rotatable bonds is 9. The Morgan fingerprint density at radius 2 is 1.26 bits per heavy atom. The molecule has 0 heterocycles. The highest BCUT2D eigenvalue weighted by molar-refractivity contribution is 8.00. The maximum absolute atomic E-state index is 13.4. The molecule has 0 aromatic heterocycles. The second-order valence-electron chi connectivity index (χ2n) is 9.52. The number of carbonyl (C=O) groups is 4. The van der Waals surface area contributed by atoms with E-state index in [-0.39, 0.29) is 22.8 Å². The molecule has 5 rings (SSSR count). The van der Waals surface area contributed by atoms with Gasteiger partial charge >= 0.3 is 5.97 Å². The highest BCUT2D eigenvalue weighted by Crippen LogP contribution is 2.37. The number of ketones is 1. The predicted molar refractivity (Wildman–Crippen MR) is 165 cm³/mol. The number of Topliss-reactive ketones (excluding diaryl/α,β-unsaturated/α-hetero) is 1. The first kappa shape index (κ1) is 28.3. The molecule has 5 aromatic rings. The lowest BCUT2D eigenvalue weighted by molar-refractivity contribution is -0.115. The summed E-state index contributed by atoms with van der Waals surface area (Å²) in [4.78, 5) is 50.8. The van der Waals surface area contributed by atoms with Gasteiger partial charge in [0.05, 0.1) is 5.56 Å². The number of hydrogen-bond donors (Lipinski definition) is 3. The summed E-state index contributed by atoms with van der Waals surface area (Å²) in [5.74, 6) is -1.80. The third-order valence-electron chi connectivity index (χ3n) is 6.65. The Balaban J connectivity index is 1.34. The van der Waals surface area contributed by atoms with Gasteiger partial charge in [0.1, 0.15) is 5.25 Å². The zero-order chi connectivity index (χ0) is 29.6. The van der Waals surface area contributed by atoms with E-state index in [1.807, 2.05) is 42.5 Å². The van der Waals surface area contributed by atoms with Gasteiger partial charge in [0.15, 0.2) is 5.78 Å². The summed E-state index contributed by atoms with van der Waals surface area (Å²) in [5, 5.41) is 15.9. The zero-order valence-corrected chi connectivity index (χ0v) is 23.4. The highest BCUT2D eigenvalue weighted by Gasteiger charge is 2.23. The Kier molecular flexibility index (Phi) is 8.45. The largest absolute Gasteiger partial charge is 0.478 e. The molecule has 0 fully saturated rings. The van der Waals surface area contributed by atoms with Gasteiger partial charge in [0.25, 0.3) is 5.91 Å². The SMILES string of the molecule is CC(=O)c1ccc(NC(=O)C(Sc2ccc(NC(=O)c3cccc4cccc(C(=O)O)c34)cc2)c2ccccc2)cc1. The van der Waals surface area contributed by atoms with Crippen LogP contribution in [0.15, 0.2) is 120 Å². The molecule has 7 nitrogen and oxygen atoms in total. The van der Waals surface area contributed by atoms with Crippen molar-refractivity contribution >= 4 is 57.5 Å². The normalized spacial score (nSPS) is 11.5. The highest BCUT2D eigenvalue weighted by atomic mass is 32.2. The monoisotopic (exact) mass is 574 g/mol. The lowest BCUT2D eigenvalue weighted by Gasteiger charge is -2.17. The van der Waals surface area contributed by atoms with E-state index in [1.54, 1.807) is 66.7 Å². The molecule has 1 atom stereocenters. The Morgan fingerprint density at radius 3 is 1.88 bits per heavy atom. The first-order chi connectivity index (χ1) is 20.3. The first-order valence-electron chi connectivity index (χ1n) is 13.1. The van der Waals surface area contributed by atoms with Crippen molar-refractivity contribution in [2.24, 2.45) is 0 Å². The number of carboxylic acids is 1. The number of carbonyl (C=O) groups excluding carboxylic acids is 3. The molecule has 0 radical (unpaired) electrons. The van der Waals surface area contributed by atoms with Crippen LogP contribution < -0.4 is 10.6 Å². The van der Waals surface area contributed by atoms with E-state index in [4.69, 9.17) is 0 Å². The van der Waals surface area contributed by atoms with Crippen LogP contribution in [0, 0.1) is 0 Å². The van der Waals surface area contributed by atoms with E-state index in [1.165, 1.54) is 24.8 Å². The summed E-state index contributed by atoms with van der Waals surface area (Å²) < 4.78 is 0. The van der Waals surface area contributed by atoms with Crippen LogP contribution in [0.25, 0.3) is 10.8 Å². The van der Waals surface area contributed by atoms with Crippen molar-refractivity contribution < 1.29 is 24.3 Å². The van der Waals surface area contributed by atoms with Crippen LogP contribution in [0.1, 0.15) is 48.8 Å². The molecule has 208 valence electrons. The van der Waals surface area contributed by atoms with Crippen LogP contribution in [0.2, 0.25) is 0 Å². The minimum absolute atomic E-state index is 0.0487. The van der Waals surface area contributed by atoms with Crippen LogP contribution in [0.5, 0.6) is 0 Å². The molecule has 1 unspecified atom stereocenters. The van der Waals surface area contributed by atoms with E-state index in [2.05, 4.69) is 10.6 Å². The maximum Gasteiger partial charge on any atom is 0.336 e. The van der Waals surface area contributed by atoms with E-state index in [0.717, 1.165) is 10.5 Å². The van der Waals surface area contributed by atoms with Crippen molar-refractivity contribution in [3.05, 3.63) is 138 Å². The van der Waals surface area contributed by atoms with Crippen molar-refractivity contribution in [1.82, 2.24) is 0 Å². The Morgan fingerprint density at radius 1 is 0.667 bits per heavy atom. The lowest BCUT2D eigenvalue weighted by Crippen LogP contribution is -2.19. The molecule has 0 aliphatic rings. The molecule has 2 amide bonds. The summed E-state index contributed by atoms with van der Waals surface area (Å²) in [7, 11) is 0. The molecule has 0 aliphatic heterocycles. The fourth-order valence-corrected chi connectivity index (χ4v) is 5.58. The Hall–Kier alpha value is -5.21. The second-order valence-corrected chi connectivity index (χ2v) is 10.7. The number of benzene rings is 5. The second kappa shape index (κ2) is 12.5. The van der Waals surface area contributed by atoms with Gasteiger partial charge in [0.2, 0.25) is 5.91 Å². The molecule has 5 aromatic carbocycles. The van der Waals surface area contributed by atoms with E-state index >= 15 is 0 Å². The van der Waals surface area contributed by atoms with Crippen molar-refractivity contribution in [2.75, 3.05) is 10.6 Å². The minimum Gasteiger partial charge on any atom is -0.478 e. The van der Waals surface area contributed by atoms with E-state index in [9.17, 15) is 24.3 Å². The van der Waals surface area contributed by atoms with Gasteiger partial charge in [-0.1, -0.05) is 54.6 Å². The average Bonchev–Trinajstić information content (AvgIpc) is 3.00. The number of hydrogen-bond acceptors (Lipinski definition) is 5. The molecule has 3 N–H and O–H groups in total. The van der Waals surface area contributed by atoms with Crippen molar-refractivity contribution in [1.29, 1.82) is 0 Å². The fraction of sp³-hybridized carbons (Fsp3) is 0.0588. The number of aromatic carboxylic acids is 1. The molecule has 0 aliphatic carbocycles. The summed E-state index contributed by atoms with van der Waals surface area (Å²) in [6.45, 7) is 1.49. The minimum atomic E-state index is -1.10. The number of nitrogens with one attached hydrogen (secondary N) is 2. The average molecular weight is 575 g/mol. The Bertz CT molecular complexity index is 1780. The van der Waals surface area contributed by atoms with Gasteiger partial charge < -0.3 is 15.7 Å². The van der Waals surface area contributed by atoms with Crippen LogP contribution >= 0.6 is 11.8 Å². The topological polar surface area (TPSA) is 113 Å². The lowest BCUT2D eigenvalue weighted by atomic mass is 9.98. The van der Waals surface area contributed by atoms with Crippen molar-refractivity contribution in [3.63, 3.8) is 0 Å². The third-order valence-corrected chi connectivity index (χ3v) is 7.91. The number of thioether (sulfide) groups is 1. The number of anilines is 2. The number of carboxylic acid groups (broad SMARTS) is 1. The zero-order valence-electron chi connectivity index (χ0n) is 22.5. The molecule has 42 heavy (non-hydrogen) atoms. The standard InChI is InChI=1S/C34H26N2O5S/c1-21(37)22-13-15-25(16-14-22)36-33(39)31(24-7-3-2-4-8-24)42-27-19-17-26(18-20-27)35-32(38)28-11-5-9-23-10-6-12-29(30(23)28)34(40)41/h2-20,31H,1H3,(H,35,38)(H,36,39)(H,40,41). The van der Waals surface area contributed by atoms with Crippen LogP contribution in [0.4, 0.5) is 11.4 Å². The van der Waals surface area contributed by atoms with E-state index < -0.39 is 17.1 Å². The van der Waals surface area contributed by atoms with Crippen LogP contribution in [-0.2, 0) is 4.79 Å². The summed E-state index contributed by atoms with van der Waals surface area (Å²) in [6, 6.07) is 33.3. The van der Waals surface area contributed by atoms with Gasteiger partial charge in [-0.15, -0.1) is 11.8 Å². The van der Waals surface area contributed by atoms with Gasteiger partial charge in [-0.2, -0.15) is 0 Å². The van der Waals surface area contributed by atoms with Crippen molar-refractivity contribution in [3.8, 4) is 0 Å². The van der Waals surface area contributed by atoms with Gasteiger partial charge in [-0.3, -0.25) is 14.4 Å². The van der Waals surface area contributed by atoms with E-state index in [0.29, 0.717) is 27.7 Å². The molecule has 0 saturated carbocycles. The summed E-state index contributed by atoms with van der Waals surface area (Å²) >= 11 is 1.36. The van der Waals surface area contributed by atoms with Gasteiger partial charge in [0, 0.05) is 32.8 Å². The molecular formula is C34H26N2O5S. The summed E-state index contributed by atoms with van der Waals surface area (Å²) in [5.41, 5.74) is 2.83. The molecular weight excluding hydrogens is 548 g/mol. The number of fused-ring (bicyclic) bond motifs is 1. The van der Waals surface area contributed by atoms with Gasteiger partial charge in [-0.05, 0) is 78.5 Å². The van der Waals surface area contributed by atoms with Gasteiger partial charge in [-0.25, -0.2) is 4.79 Å². The first-order valence-corrected chi connectivity index (χ1v) is 14.0. The molecule has 0 bridgehead atoms. The number of amides is 2. The fourth-order valence-electron chi connectivity index (χ4n) is 4.56.